The van der Waals surface area contributed by atoms with Gasteiger partial charge in [-0.1, -0.05) is 18.2 Å². The Morgan fingerprint density at radius 3 is 2.10 bits per heavy atom. The van der Waals surface area contributed by atoms with Gasteiger partial charge >= 0.3 is 0 Å². The predicted octanol–water partition coefficient (Wildman–Crippen LogP) is 4.71. The topological polar surface area (TPSA) is 26.3 Å². The van der Waals surface area contributed by atoms with E-state index in [1.807, 2.05) is 54.6 Å². The molecular weight excluding hydrogens is 260 g/mol. The zero-order chi connectivity index (χ0) is 14.2. The molecule has 2 unspecified atom stereocenters. The first-order valence-electron chi connectivity index (χ1n) is 7.67. The number of hydrogen-bond acceptors (Lipinski definition) is 2. The fourth-order valence-electron chi connectivity index (χ4n) is 3.48. The Bertz CT molecular complexity index is 635. The molecule has 0 aliphatic heterocycles. The molecule has 2 nitrogen and oxygen atoms in total. The molecule has 2 aliphatic rings. The molecular formula is C19H18O2. The fraction of sp³-hybridized carbons (Fsp3) is 0.316. The highest BCUT2D eigenvalue weighted by molar-refractivity contribution is 5.98. The lowest BCUT2D eigenvalue weighted by atomic mass is 9.93. The van der Waals surface area contributed by atoms with Crippen molar-refractivity contribution in [3.8, 4) is 11.5 Å². The van der Waals surface area contributed by atoms with Gasteiger partial charge in [-0.05, 0) is 67.5 Å². The van der Waals surface area contributed by atoms with Gasteiger partial charge in [0, 0.05) is 11.5 Å². The summed E-state index contributed by atoms with van der Waals surface area (Å²) in [6, 6.07) is 17.2. The van der Waals surface area contributed by atoms with Crippen LogP contribution in [0, 0.1) is 17.8 Å². The standard InChI is InChI=1S/C19H18O2/c20-19(16-11-14-10-15(14)12-16)13-6-8-18(9-7-13)21-17-4-2-1-3-5-17/h1-9,14-16H,10-12H2. The van der Waals surface area contributed by atoms with E-state index in [1.54, 1.807) is 0 Å². The molecule has 0 saturated heterocycles. The number of benzene rings is 2. The van der Waals surface area contributed by atoms with Crippen LogP contribution in [0.15, 0.2) is 54.6 Å². The first-order chi connectivity index (χ1) is 10.3. The van der Waals surface area contributed by atoms with Crippen molar-refractivity contribution in [2.75, 3.05) is 0 Å². The van der Waals surface area contributed by atoms with Gasteiger partial charge in [-0.15, -0.1) is 0 Å². The molecule has 2 saturated carbocycles. The van der Waals surface area contributed by atoms with Gasteiger partial charge in [-0.25, -0.2) is 0 Å². The predicted molar refractivity (Wildman–Crippen MR) is 81.6 cm³/mol. The number of hydrogen-bond donors (Lipinski definition) is 0. The summed E-state index contributed by atoms with van der Waals surface area (Å²) in [7, 11) is 0. The lowest BCUT2D eigenvalue weighted by molar-refractivity contribution is 0.0914. The van der Waals surface area contributed by atoms with E-state index in [9.17, 15) is 4.79 Å². The van der Waals surface area contributed by atoms with Crippen molar-refractivity contribution in [3.63, 3.8) is 0 Å². The van der Waals surface area contributed by atoms with Crippen molar-refractivity contribution >= 4 is 5.78 Å². The third-order valence-corrected chi connectivity index (χ3v) is 4.73. The minimum atomic E-state index is 0.259. The van der Waals surface area contributed by atoms with Gasteiger partial charge in [-0.2, -0.15) is 0 Å². The molecule has 0 amide bonds. The van der Waals surface area contributed by atoms with Gasteiger partial charge in [0.1, 0.15) is 11.5 Å². The SMILES string of the molecule is O=C(c1ccc(Oc2ccccc2)cc1)C1CC2CC2C1. The smallest absolute Gasteiger partial charge is 0.165 e. The number of carbonyl (C=O) groups is 1. The largest absolute Gasteiger partial charge is 0.457 e. The second-order valence-electron chi connectivity index (χ2n) is 6.23. The molecule has 0 spiro atoms. The van der Waals surface area contributed by atoms with Crippen LogP contribution in [0.5, 0.6) is 11.5 Å². The van der Waals surface area contributed by atoms with E-state index < -0.39 is 0 Å². The Morgan fingerprint density at radius 1 is 0.810 bits per heavy atom. The van der Waals surface area contributed by atoms with Crippen molar-refractivity contribution in [3.05, 3.63) is 60.2 Å². The third-order valence-electron chi connectivity index (χ3n) is 4.73. The number of fused-ring (bicyclic) bond motifs is 1. The summed E-state index contributed by atoms with van der Waals surface area (Å²) in [5.41, 5.74) is 0.821. The minimum absolute atomic E-state index is 0.259. The summed E-state index contributed by atoms with van der Waals surface area (Å²) in [6.45, 7) is 0. The Balaban J connectivity index is 1.44. The molecule has 0 radical (unpaired) electrons. The van der Waals surface area contributed by atoms with Crippen LogP contribution >= 0.6 is 0 Å². The molecule has 106 valence electrons. The van der Waals surface area contributed by atoms with Gasteiger partial charge < -0.3 is 4.74 Å². The van der Waals surface area contributed by atoms with Crippen LogP contribution in [0.1, 0.15) is 29.6 Å². The summed E-state index contributed by atoms with van der Waals surface area (Å²) in [4.78, 5) is 12.4. The number of carbonyl (C=O) groups excluding carboxylic acids is 1. The van der Waals surface area contributed by atoms with Crippen LogP contribution < -0.4 is 4.74 Å². The van der Waals surface area contributed by atoms with Crippen molar-refractivity contribution in [1.82, 2.24) is 0 Å². The van der Waals surface area contributed by atoms with E-state index in [-0.39, 0.29) is 5.92 Å². The van der Waals surface area contributed by atoms with Crippen LogP contribution in [0.2, 0.25) is 0 Å². The van der Waals surface area contributed by atoms with Gasteiger partial charge in [0.15, 0.2) is 5.78 Å². The van der Waals surface area contributed by atoms with Crippen LogP contribution in [0.3, 0.4) is 0 Å². The summed E-state index contributed by atoms with van der Waals surface area (Å²) in [5, 5.41) is 0. The maximum absolute atomic E-state index is 12.4. The lowest BCUT2D eigenvalue weighted by Crippen LogP contribution is -2.12. The maximum atomic E-state index is 12.4. The molecule has 0 aromatic heterocycles. The third kappa shape index (κ3) is 2.58. The first-order valence-corrected chi connectivity index (χ1v) is 7.67. The molecule has 2 atom stereocenters. The van der Waals surface area contributed by atoms with Crippen molar-refractivity contribution < 1.29 is 9.53 Å². The van der Waals surface area contributed by atoms with Crippen molar-refractivity contribution in [1.29, 1.82) is 0 Å². The van der Waals surface area contributed by atoms with Gasteiger partial charge in [0.25, 0.3) is 0 Å². The summed E-state index contributed by atoms with van der Waals surface area (Å²) < 4.78 is 5.75. The Hall–Kier alpha value is -2.09. The van der Waals surface area contributed by atoms with E-state index in [4.69, 9.17) is 4.74 Å². The number of Topliss-reactive ketones (excluding diaryl/α,β-unsaturated/α-hetero) is 1. The van der Waals surface area contributed by atoms with E-state index >= 15 is 0 Å². The number of ketones is 1. The fourth-order valence-corrected chi connectivity index (χ4v) is 3.48. The average Bonchev–Trinajstić information content (AvgIpc) is 3.14. The number of rotatable bonds is 4. The van der Waals surface area contributed by atoms with Crippen LogP contribution in [-0.4, -0.2) is 5.78 Å². The zero-order valence-electron chi connectivity index (χ0n) is 11.9. The van der Waals surface area contributed by atoms with Crippen LogP contribution in [0.4, 0.5) is 0 Å². The maximum Gasteiger partial charge on any atom is 0.165 e. The Morgan fingerprint density at radius 2 is 1.43 bits per heavy atom. The summed E-state index contributed by atoms with van der Waals surface area (Å²) in [5.74, 6) is 3.85. The summed E-state index contributed by atoms with van der Waals surface area (Å²) >= 11 is 0. The highest BCUT2D eigenvalue weighted by atomic mass is 16.5. The normalized spacial score (nSPS) is 26.2. The number of para-hydroxylation sites is 1. The lowest BCUT2D eigenvalue weighted by Gasteiger charge is -2.11. The van der Waals surface area contributed by atoms with E-state index in [0.717, 1.165) is 41.7 Å². The highest BCUT2D eigenvalue weighted by Gasteiger charge is 2.47. The molecule has 2 heteroatoms. The van der Waals surface area contributed by atoms with Gasteiger partial charge in [-0.3, -0.25) is 4.79 Å². The van der Waals surface area contributed by atoms with E-state index in [1.165, 1.54) is 6.42 Å². The first kappa shape index (κ1) is 12.6. The molecule has 2 aliphatic carbocycles. The van der Waals surface area contributed by atoms with Crippen LogP contribution in [0.25, 0.3) is 0 Å². The summed E-state index contributed by atoms with van der Waals surface area (Å²) in [6.07, 6.45) is 3.56. The molecule has 4 rings (SSSR count). The Labute approximate surface area is 124 Å². The molecule has 2 aromatic rings. The van der Waals surface area contributed by atoms with Crippen molar-refractivity contribution in [2.24, 2.45) is 17.8 Å². The molecule has 0 bridgehead atoms. The molecule has 0 heterocycles. The quantitative estimate of drug-likeness (QED) is 0.757. The monoisotopic (exact) mass is 278 g/mol. The molecule has 21 heavy (non-hydrogen) atoms. The zero-order valence-corrected chi connectivity index (χ0v) is 11.9. The van der Waals surface area contributed by atoms with Gasteiger partial charge in [0.05, 0.1) is 0 Å². The second kappa shape index (κ2) is 5.03. The van der Waals surface area contributed by atoms with Gasteiger partial charge in [0.2, 0.25) is 0 Å². The number of ether oxygens (including phenoxy) is 1. The second-order valence-corrected chi connectivity index (χ2v) is 6.23. The Kier molecular flexibility index (Phi) is 3.03. The molecule has 0 N–H and O–H groups in total. The van der Waals surface area contributed by atoms with E-state index in [2.05, 4.69) is 0 Å². The highest BCUT2D eigenvalue weighted by Crippen LogP contribution is 2.54. The van der Waals surface area contributed by atoms with E-state index in [0.29, 0.717) is 5.78 Å². The van der Waals surface area contributed by atoms with Crippen LogP contribution in [-0.2, 0) is 0 Å². The average molecular weight is 278 g/mol. The molecule has 2 fully saturated rings. The molecule has 2 aromatic carbocycles. The van der Waals surface area contributed by atoms with Crippen molar-refractivity contribution in [2.45, 2.75) is 19.3 Å². The minimum Gasteiger partial charge on any atom is -0.457 e.